The van der Waals surface area contributed by atoms with Crippen molar-refractivity contribution in [2.24, 2.45) is 5.92 Å². The Labute approximate surface area is 194 Å². The molecule has 0 aliphatic rings. The van der Waals surface area contributed by atoms with Crippen molar-refractivity contribution in [3.05, 3.63) is 57.6 Å². The molecule has 178 valence electrons. The van der Waals surface area contributed by atoms with Gasteiger partial charge in [0, 0.05) is 30.3 Å². The highest BCUT2D eigenvalue weighted by atomic mass is 16.3. The van der Waals surface area contributed by atoms with Crippen LogP contribution in [-0.4, -0.2) is 33.6 Å². The first-order chi connectivity index (χ1) is 15.1. The van der Waals surface area contributed by atoms with Gasteiger partial charge in [-0.05, 0) is 65.7 Å². The summed E-state index contributed by atoms with van der Waals surface area (Å²) in [6, 6.07) is 8.20. The fraction of sp³-hybridized carbons (Fsp3) is 0.571. The van der Waals surface area contributed by atoms with Crippen molar-refractivity contribution >= 4 is 0 Å². The van der Waals surface area contributed by atoms with Crippen molar-refractivity contribution in [1.29, 1.82) is 0 Å². The molecule has 2 aromatic rings. The maximum Gasteiger partial charge on any atom is 0.122 e. The highest BCUT2D eigenvalue weighted by Gasteiger charge is 2.28. The second-order valence-electron chi connectivity index (χ2n) is 9.93. The Morgan fingerprint density at radius 2 is 0.938 bits per heavy atom. The number of rotatable bonds is 11. The molecule has 0 bridgehead atoms. The van der Waals surface area contributed by atoms with Crippen LogP contribution in [0.1, 0.15) is 106 Å². The molecule has 4 heteroatoms. The quantitative estimate of drug-likeness (QED) is 0.345. The molecule has 32 heavy (non-hydrogen) atoms. The lowest BCUT2D eigenvalue weighted by Gasteiger charge is -2.28. The molecule has 2 rings (SSSR count). The Morgan fingerprint density at radius 3 is 1.22 bits per heavy atom. The van der Waals surface area contributed by atoms with E-state index in [1.807, 2.05) is 12.1 Å². The zero-order valence-electron chi connectivity index (χ0n) is 20.7. The van der Waals surface area contributed by atoms with Gasteiger partial charge in [-0.15, -0.1) is 0 Å². The smallest absolute Gasteiger partial charge is 0.122 e. The molecule has 0 fully saturated rings. The van der Waals surface area contributed by atoms with Gasteiger partial charge in [0.05, 0.1) is 0 Å². The average molecular weight is 443 g/mol. The Balaban J connectivity index is 2.76. The van der Waals surface area contributed by atoms with Gasteiger partial charge in [0.25, 0.3) is 0 Å². The number of phenolic OH excluding ortho intramolecular Hbond substituents is 2. The molecule has 4 nitrogen and oxygen atoms in total. The minimum atomic E-state index is -0.173. The lowest BCUT2D eigenvalue weighted by atomic mass is 9.77. The fourth-order valence-corrected chi connectivity index (χ4v) is 4.58. The molecule has 0 aromatic heterocycles. The number of hydrogen-bond acceptors (Lipinski definition) is 4. The standard InChI is InChI=1S/C28H42O4/c1-17(2)22-13-20(9-7-11-29)15-24(27(22)31)26(19(5)6)25-16-21(10-8-12-30)14-23(18(3)4)28(25)32/h13-19,26,29-32H,7-12H2,1-6H3. The summed E-state index contributed by atoms with van der Waals surface area (Å²) in [4.78, 5) is 0. The average Bonchev–Trinajstić information content (AvgIpc) is 2.73. The molecule has 0 saturated carbocycles. The highest BCUT2D eigenvalue weighted by molar-refractivity contribution is 5.55. The summed E-state index contributed by atoms with van der Waals surface area (Å²) in [5.41, 5.74) is 5.68. The molecule has 0 spiro atoms. The summed E-state index contributed by atoms with van der Waals surface area (Å²) in [5, 5.41) is 41.3. The Hall–Kier alpha value is -2.04. The number of benzene rings is 2. The van der Waals surface area contributed by atoms with Gasteiger partial charge in [0.2, 0.25) is 0 Å². The van der Waals surface area contributed by atoms with E-state index in [0.717, 1.165) is 46.2 Å². The van der Waals surface area contributed by atoms with E-state index in [0.29, 0.717) is 24.3 Å². The maximum absolute atomic E-state index is 11.3. The molecular weight excluding hydrogens is 400 g/mol. The summed E-state index contributed by atoms with van der Waals surface area (Å²) < 4.78 is 0. The van der Waals surface area contributed by atoms with Gasteiger partial charge in [-0.3, -0.25) is 0 Å². The molecule has 0 amide bonds. The van der Waals surface area contributed by atoms with Gasteiger partial charge < -0.3 is 20.4 Å². The van der Waals surface area contributed by atoms with Crippen LogP contribution >= 0.6 is 0 Å². The molecule has 4 N–H and O–H groups in total. The number of aliphatic hydroxyl groups is 2. The molecule has 0 aliphatic heterocycles. The summed E-state index contributed by atoms with van der Waals surface area (Å²) in [6.07, 6.45) is 2.84. The SMILES string of the molecule is CC(C)c1cc(CCCO)cc(C(c2cc(CCCO)cc(C(C)C)c2O)C(C)C)c1O. The van der Waals surface area contributed by atoms with Gasteiger partial charge >= 0.3 is 0 Å². The van der Waals surface area contributed by atoms with E-state index in [4.69, 9.17) is 0 Å². The van der Waals surface area contributed by atoms with Crippen molar-refractivity contribution in [2.75, 3.05) is 13.2 Å². The van der Waals surface area contributed by atoms with Gasteiger partial charge in [0.1, 0.15) is 11.5 Å². The third kappa shape index (κ3) is 6.05. The van der Waals surface area contributed by atoms with Crippen LogP contribution < -0.4 is 0 Å². The van der Waals surface area contributed by atoms with Gasteiger partial charge in [-0.25, -0.2) is 0 Å². The van der Waals surface area contributed by atoms with Crippen molar-refractivity contribution < 1.29 is 20.4 Å². The lowest BCUT2D eigenvalue weighted by molar-refractivity contribution is 0.288. The summed E-state index contributed by atoms with van der Waals surface area (Å²) in [5.74, 6) is 0.897. The van der Waals surface area contributed by atoms with Crippen LogP contribution in [0, 0.1) is 5.92 Å². The first kappa shape index (κ1) is 26.2. The number of aromatic hydroxyl groups is 2. The first-order valence-electron chi connectivity index (χ1n) is 12.0. The monoisotopic (exact) mass is 442 g/mol. The molecule has 0 radical (unpaired) electrons. The molecule has 0 saturated heterocycles. The fourth-order valence-electron chi connectivity index (χ4n) is 4.58. The molecule has 0 unspecified atom stereocenters. The van der Waals surface area contributed by atoms with E-state index < -0.39 is 0 Å². The third-order valence-electron chi connectivity index (χ3n) is 6.29. The summed E-state index contributed by atoms with van der Waals surface area (Å²) >= 11 is 0. The van der Waals surface area contributed by atoms with E-state index in [-0.39, 0.29) is 36.9 Å². The van der Waals surface area contributed by atoms with Crippen molar-refractivity contribution in [2.45, 2.75) is 85.0 Å². The summed E-state index contributed by atoms with van der Waals surface area (Å²) in [7, 11) is 0. The summed E-state index contributed by atoms with van der Waals surface area (Å²) in [6.45, 7) is 12.8. The number of aliphatic hydroxyl groups excluding tert-OH is 2. The largest absolute Gasteiger partial charge is 0.507 e. The molecule has 0 atom stereocenters. The van der Waals surface area contributed by atoms with Gasteiger partial charge in [-0.2, -0.15) is 0 Å². The Bertz CT molecular complexity index is 814. The number of hydrogen-bond donors (Lipinski definition) is 4. The van der Waals surface area contributed by atoms with Gasteiger partial charge in [0.15, 0.2) is 0 Å². The van der Waals surface area contributed by atoms with Crippen LogP contribution in [-0.2, 0) is 12.8 Å². The van der Waals surface area contributed by atoms with Gasteiger partial charge in [-0.1, -0.05) is 65.8 Å². The van der Waals surface area contributed by atoms with Crippen LogP contribution in [0.3, 0.4) is 0 Å². The number of aryl methyl sites for hydroxylation is 2. The zero-order chi connectivity index (χ0) is 24.0. The zero-order valence-corrected chi connectivity index (χ0v) is 20.7. The first-order valence-corrected chi connectivity index (χ1v) is 12.0. The molecule has 2 aromatic carbocycles. The lowest BCUT2D eigenvalue weighted by Crippen LogP contribution is -2.13. The second-order valence-corrected chi connectivity index (χ2v) is 9.93. The normalized spacial score (nSPS) is 12.0. The van der Waals surface area contributed by atoms with Crippen LogP contribution in [0.2, 0.25) is 0 Å². The highest BCUT2D eigenvalue weighted by Crippen LogP contribution is 2.46. The maximum atomic E-state index is 11.3. The van der Waals surface area contributed by atoms with Crippen molar-refractivity contribution in [3.8, 4) is 11.5 Å². The van der Waals surface area contributed by atoms with Crippen LogP contribution in [0.15, 0.2) is 24.3 Å². The third-order valence-corrected chi connectivity index (χ3v) is 6.29. The number of phenols is 2. The van der Waals surface area contributed by atoms with E-state index in [2.05, 4.69) is 53.7 Å². The predicted molar refractivity (Wildman–Crippen MR) is 132 cm³/mol. The van der Waals surface area contributed by atoms with Crippen LogP contribution in [0.25, 0.3) is 0 Å². The van der Waals surface area contributed by atoms with E-state index in [9.17, 15) is 20.4 Å². The Kier molecular flexibility index (Phi) is 9.60. The topological polar surface area (TPSA) is 80.9 Å². The molecular formula is C28H42O4. The van der Waals surface area contributed by atoms with E-state index >= 15 is 0 Å². The van der Waals surface area contributed by atoms with E-state index in [1.165, 1.54) is 0 Å². The molecule has 0 heterocycles. The van der Waals surface area contributed by atoms with Crippen molar-refractivity contribution in [1.82, 2.24) is 0 Å². The van der Waals surface area contributed by atoms with Crippen LogP contribution in [0.5, 0.6) is 11.5 Å². The minimum Gasteiger partial charge on any atom is -0.507 e. The van der Waals surface area contributed by atoms with Crippen molar-refractivity contribution in [3.63, 3.8) is 0 Å². The molecule has 0 aliphatic carbocycles. The van der Waals surface area contributed by atoms with Crippen LogP contribution in [0.4, 0.5) is 0 Å². The second kappa shape index (κ2) is 11.7. The predicted octanol–water partition coefficient (Wildman–Crippen LogP) is 5.98. The Morgan fingerprint density at radius 1 is 0.594 bits per heavy atom. The van der Waals surface area contributed by atoms with E-state index in [1.54, 1.807) is 0 Å². The minimum absolute atomic E-state index is 0.131.